The Morgan fingerprint density at radius 2 is 1.80 bits per heavy atom. The zero-order valence-electron chi connectivity index (χ0n) is 18.2. The van der Waals surface area contributed by atoms with Gasteiger partial charge in [0.25, 0.3) is 0 Å². The molecule has 0 amide bonds. The fourth-order valence-electron chi connectivity index (χ4n) is 4.41. The van der Waals surface area contributed by atoms with E-state index in [9.17, 15) is 4.39 Å². The first-order valence-electron chi connectivity index (χ1n) is 11.0. The second-order valence-electron chi connectivity index (χ2n) is 8.14. The third-order valence-electron chi connectivity index (χ3n) is 6.14. The lowest BCUT2D eigenvalue weighted by atomic mass is 9.77. The van der Waals surface area contributed by atoms with Crippen LogP contribution in [0.2, 0.25) is 0 Å². The number of benzene rings is 1. The van der Waals surface area contributed by atoms with Crippen molar-refractivity contribution in [2.45, 2.75) is 52.4 Å². The molecule has 0 radical (unpaired) electrons. The third kappa shape index (κ3) is 5.22. The van der Waals surface area contributed by atoms with Crippen molar-refractivity contribution in [3.63, 3.8) is 0 Å². The van der Waals surface area contributed by atoms with Crippen LogP contribution in [0.1, 0.15) is 63.5 Å². The Bertz CT molecular complexity index is 939. The molecule has 0 aliphatic heterocycles. The van der Waals surface area contributed by atoms with Gasteiger partial charge in [-0.1, -0.05) is 67.7 Å². The number of rotatable bonds is 6. The van der Waals surface area contributed by atoms with Crippen molar-refractivity contribution in [1.29, 1.82) is 0 Å². The Morgan fingerprint density at radius 1 is 1.10 bits per heavy atom. The van der Waals surface area contributed by atoms with E-state index in [0.29, 0.717) is 5.57 Å². The minimum atomic E-state index is -0.206. The van der Waals surface area contributed by atoms with E-state index in [1.807, 2.05) is 30.3 Å². The lowest BCUT2D eigenvalue weighted by Gasteiger charge is -2.32. The van der Waals surface area contributed by atoms with E-state index in [4.69, 9.17) is 0 Å². The lowest BCUT2D eigenvalue weighted by molar-refractivity contribution is 0.370. The van der Waals surface area contributed by atoms with Gasteiger partial charge in [0.2, 0.25) is 0 Å². The highest BCUT2D eigenvalue weighted by atomic mass is 19.1. The largest absolute Gasteiger partial charge is 0.384 e. The molecule has 2 heteroatoms. The topological polar surface area (TPSA) is 12.0 Å². The van der Waals surface area contributed by atoms with Crippen molar-refractivity contribution in [1.82, 2.24) is 5.32 Å². The van der Waals surface area contributed by atoms with Gasteiger partial charge in [0, 0.05) is 23.2 Å². The van der Waals surface area contributed by atoms with Crippen LogP contribution in [0.5, 0.6) is 0 Å². The molecule has 0 saturated heterocycles. The van der Waals surface area contributed by atoms with Crippen molar-refractivity contribution in [2.75, 3.05) is 6.54 Å². The quantitative estimate of drug-likeness (QED) is 0.391. The van der Waals surface area contributed by atoms with Gasteiger partial charge in [0.15, 0.2) is 0 Å². The highest BCUT2D eigenvalue weighted by molar-refractivity contribution is 5.63. The van der Waals surface area contributed by atoms with E-state index in [1.54, 1.807) is 6.08 Å². The third-order valence-corrected chi connectivity index (χ3v) is 6.14. The van der Waals surface area contributed by atoms with Gasteiger partial charge in [-0.15, -0.1) is 0 Å². The highest BCUT2D eigenvalue weighted by Gasteiger charge is 2.35. The second kappa shape index (κ2) is 10.3. The summed E-state index contributed by atoms with van der Waals surface area (Å²) in [5.74, 6) is 5.81. The smallest absolute Gasteiger partial charge is 0.134 e. The molecule has 30 heavy (non-hydrogen) atoms. The Kier molecular flexibility index (Phi) is 7.52. The molecule has 0 bridgehead atoms. The summed E-state index contributed by atoms with van der Waals surface area (Å²) in [5, 5.41) is 3.59. The first-order valence-corrected chi connectivity index (χ1v) is 11.0. The summed E-state index contributed by atoms with van der Waals surface area (Å²) in [4.78, 5) is 0. The highest BCUT2D eigenvalue weighted by Crippen LogP contribution is 2.44. The first-order chi connectivity index (χ1) is 14.6. The Labute approximate surface area is 181 Å². The molecular formula is C28H32FN. The predicted molar refractivity (Wildman–Crippen MR) is 126 cm³/mol. The maximum absolute atomic E-state index is 13.8. The van der Waals surface area contributed by atoms with E-state index in [2.05, 4.69) is 55.8 Å². The van der Waals surface area contributed by atoms with Gasteiger partial charge in [0.05, 0.1) is 5.57 Å². The van der Waals surface area contributed by atoms with E-state index in [1.165, 1.54) is 31.3 Å². The summed E-state index contributed by atoms with van der Waals surface area (Å²) in [6.07, 6.45) is 16.7. The van der Waals surface area contributed by atoms with Crippen LogP contribution in [-0.4, -0.2) is 6.54 Å². The molecule has 1 N–H and O–H groups in total. The van der Waals surface area contributed by atoms with E-state index < -0.39 is 0 Å². The summed E-state index contributed by atoms with van der Waals surface area (Å²) < 4.78 is 13.8. The summed E-state index contributed by atoms with van der Waals surface area (Å²) in [6, 6.07) is 8.01. The fourth-order valence-corrected chi connectivity index (χ4v) is 4.41. The van der Waals surface area contributed by atoms with Gasteiger partial charge >= 0.3 is 0 Å². The minimum Gasteiger partial charge on any atom is -0.384 e. The van der Waals surface area contributed by atoms with Gasteiger partial charge in [-0.05, 0) is 68.9 Å². The van der Waals surface area contributed by atoms with Crippen LogP contribution in [-0.2, 0) is 0 Å². The summed E-state index contributed by atoms with van der Waals surface area (Å²) in [5.41, 5.74) is 4.99. The molecule has 1 fully saturated rings. The van der Waals surface area contributed by atoms with Gasteiger partial charge in [-0.2, -0.15) is 0 Å². The average Bonchev–Trinajstić information content (AvgIpc) is 3.25. The standard InChI is InChI=1S/C28H32FN/c1-4-10-26(5-2)28(19-8-9-20-28)21-30-22(3)24-16-13-23(14-17-24)15-18-25-11-6-7-12-27(25)29/h4-5,10-14,16-17,30H,3,6-9,19-21H2,1-2H3/b10-4-,26-5+. The molecular weight excluding hydrogens is 369 g/mol. The maximum atomic E-state index is 13.8. The van der Waals surface area contributed by atoms with Gasteiger partial charge in [-0.25, -0.2) is 4.39 Å². The minimum absolute atomic E-state index is 0.195. The van der Waals surface area contributed by atoms with Crippen LogP contribution in [0.15, 0.2) is 78.2 Å². The van der Waals surface area contributed by atoms with Crippen LogP contribution >= 0.6 is 0 Å². The SMILES string of the molecule is C=C(NCC1(C(/C=C\C)=C/C)CCCC1)c1ccc(C#CC2=CCCC=C2F)cc1. The summed E-state index contributed by atoms with van der Waals surface area (Å²) in [7, 11) is 0. The van der Waals surface area contributed by atoms with Gasteiger partial charge in [-0.3, -0.25) is 0 Å². The predicted octanol–water partition coefficient (Wildman–Crippen LogP) is 7.25. The molecule has 0 aromatic heterocycles. The van der Waals surface area contributed by atoms with Crippen molar-refractivity contribution in [3.05, 3.63) is 89.3 Å². The first kappa shape index (κ1) is 21.9. The number of nitrogens with one attached hydrogen (secondary N) is 1. The van der Waals surface area contributed by atoms with Crippen LogP contribution in [0.4, 0.5) is 4.39 Å². The number of halogens is 1. The van der Waals surface area contributed by atoms with Crippen LogP contribution in [0, 0.1) is 17.3 Å². The Balaban J connectivity index is 1.65. The Morgan fingerprint density at radius 3 is 2.43 bits per heavy atom. The lowest BCUT2D eigenvalue weighted by Crippen LogP contribution is -2.32. The molecule has 1 saturated carbocycles. The molecule has 0 atom stereocenters. The van der Waals surface area contributed by atoms with Crippen molar-refractivity contribution in [3.8, 4) is 11.8 Å². The molecule has 0 spiro atoms. The summed E-state index contributed by atoms with van der Waals surface area (Å²) >= 11 is 0. The molecule has 1 aromatic carbocycles. The number of hydrogen-bond acceptors (Lipinski definition) is 1. The van der Waals surface area contributed by atoms with Crippen molar-refractivity contribution in [2.24, 2.45) is 5.41 Å². The monoisotopic (exact) mass is 401 g/mol. The molecule has 2 aliphatic carbocycles. The van der Waals surface area contributed by atoms with Crippen LogP contribution in [0.25, 0.3) is 5.70 Å². The Hall–Kier alpha value is -2.79. The molecule has 3 rings (SSSR count). The molecule has 0 unspecified atom stereocenters. The molecule has 2 aliphatic rings. The molecule has 1 aromatic rings. The van der Waals surface area contributed by atoms with E-state index in [-0.39, 0.29) is 11.2 Å². The fraction of sp³-hybridized carbons (Fsp3) is 0.357. The maximum Gasteiger partial charge on any atom is 0.134 e. The molecule has 1 nitrogen and oxygen atoms in total. The number of hydrogen-bond donors (Lipinski definition) is 1. The van der Waals surface area contributed by atoms with E-state index >= 15 is 0 Å². The van der Waals surface area contributed by atoms with E-state index in [0.717, 1.165) is 36.2 Å². The van der Waals surface area contributed by atoms with Crippen molar-refractivity contribution >= 4 is 5.70 Å². The van der Waals surface area contributed by atoms with Gasteiger partial charge < -0.3 is 5.32 Å². The second-order valence-corrected chi connectivity index (χ2v) is 8.14. The van der Waals surface area contributed by atoms with Gasteiger partial charge in [0.1, 0.15) is 5.83 Å². The number of allylic oxidation sites excluding steroid dienone is 7. The van der Waals surface area contributed by atoms with Crippen LogP contribution < -0.4 is 5.32 Å². The zero-order valence-corrected chi connectivity index (χ0v) is 18.2. The average molecular weight is 402 g/mol. The normalized spacial score (nSPS) is 18.4. The van der Waals surface area contributed by atoms with Crippen molar-refractivity contribution < 1.29 is 4.39 Å². The zero-order chi connectivity index (χ0) is 21.4. The molecule has 0 heterocycles. The van der Waals surface area contributed by atoms with Crippen LogP contribution in [0.3, 0.4) is 0 Å². The molecule has 156 valence electrons. The summed E-state index contributed by atoms with van der Waals surface area (Å²) in [6.45, 7) is 9.37.